The molecule has 0 bridgehead atoms. The highest BCUT2D eigenvalue weighted by molar-refractivity contribution is 7.19. The molecule has 3 aliphatic rings. The molecular formula is C34H38ClN7O3S. The molecule has 4 aromatic rings. The lowest BCUT2D eigenvalue weighted by Gasteiger charge is -2.42. The van der Waals surface area contributed by atoms with E-state index in [0.717, 1.165) is 84.7 Å². The van der Waals surface area contributed by atoms with E-state index in [2.05, 4.69) is 34.4 Å². The van der Waals surface area contributed by atoms with Crippen LogP contribution in [-0.2, 0) is 22.4 Å². The highest BCUT2D eigenvalue weighted by atomic mass is 35.5. The lowest BCUT2D eigenvalue weighted by Crippen LogP contribution is -2.52. The fourth-order valence-corrected chi connectivity index (χ4v) is 8.55. The van der Waals surface area contributed by atoms with Crippen molar-refractivity contribution in [1.29, 1.82) is 0 Å². The molecule has 12 heteroatoms. The van der Waals surface area contributed by atoms with Gasteiger partial charge in [-0.3, -0.25) is 19.5 Å². The summed E-state index contributed by atoms with van der Waals surface area (Å²) in [6, 6.07) is 9.98. The van der Waals surface area contributed by atoms with Crippen molar-refractivity contribution in [2.45, 2.75) is 83.6 Å². The monoisotopic (exact) mass is 659 g/mol. The summed E-state index contributed by atoms with van der Waals surface area (Å²) >= 11 is 8.37. The molecule has 2 amide bonds. The van der Waals surface area contributed by atoms with Gasteiger partial charge in [0.1, 0.15) is 0 Å². The molecule has 1 aliphatic heterocycles. The van der Waals surface area contributed by atoms with Gasteiger partial charge in [0.2, 0.25) is 5.91 Å². The number of thiazole rings is 1. The molecule has 2 aliphatic carbocycles. The number of fused-ring (bicyclic) bond motifs is 3. The second-order valence-corrected chi connectivity index (χ2v) is 14.1. The van der Waals surface area contributed by atoms with E-state index < -0.39 is 0 Å². The zero-order valence-corrected chi connectivity index (χ0v) is 27.8. The van der Waals surface area contributed by atoms with E-state index >= 15 is 0 Å². The van der Waals surface area contributed by atoms with E-state index in [0.29, 0.717) is 27.4 Å². The molecule has 1 saturated heterocycles. The Kier molecular flexibility index (Phi) is 8.67. The van der Waals surface area contributed by atoms with Gasteiger partial charge >= 0.3 is 0 Å². The first-order valence-corrected chi connectivity index (χ1v) is 17.2. The van der Waals surface area contributed by atoms with Crippen LogP contribution < -0.4 is 10.6 Å². The maximum Gasteiger partial charge on any atom is 0.251 e. The average molecular weight is 660 g/mol. The third-order valence-corrected chi connectivity index (χ3v) is 10.5. The number of amides is 2. The van der Waals surface area contributed by atoms with Gasteiger partial charge in [-0.05, 0) is 82.7 Å². The molecule has 0 unspecified atom stereocenters. The second-order valence-electron chi connectivity index (χ2n) is 12.7. The third kappa shape index (κ3) is 6.21. The van der Waals surface area contributed by atoms with Crippen molar-refractivity contribution in [3.63, 3.8) is 0 Å². The van der Waals surface area contributed by atoms with Crippen LogP contribution in [0.15, 0.2) is 42.7 Å². The van der Waals surface area contributed by atoms with Crippen molar-refractivity contribution < 1.29 is 14.3 Å². The van der Waals surface area contributed by atoms with Crippen LogP contribution in [0.1, 0.15) is 68.1 Å². The standard InChI is InChI=1S/C34H38ClN7O3S/c1-19-17-41(18-20(2)45-19)25-9-7-24(8-10-25)38-33(44)22-6-13-29(27(35)15-22)42-31-26(30(40-42)23-5-4-14-36-16-23)11-12-28-32(31)46-34(39-28)37-21(3)43/h4-6,13-16,19-20,24-25H,7-12,17-18H2,1-3H3,(H,38,44)(H,37,39,43)/t19-,20+,24?,25?. The number of hydrogen-bond donors (Lipinski definition) is 2. The van der Waals surface area contributed by atoms with Crippen molar-refractivity contribution in [3.8, 4) is 27.5 Å². The van der Waals surface area contributed by atoms with Gasteiger partial charge in [0.05, 0.1) is 44.9 Å². The van der Waals surface area contributed by atoms with Crippen molar-refractivity contribution in [2.75, 3.05) is 18.4 Å². The third-order valence-electron chi connectivity index (χ3n) is 9.16. The highest BCUT2D eigenvalue weighted by Crippen LogP contribution is 2.44. The fourth-order valence-electron chi connectivity index (χ4n) is 7.17. The molecule has 2 fully saturated rings. The van der Waals surface area contributed by atoms with Crippen LogP contribution in [0.2, 0.25) is 5.02 Å². The minimum absolute atomic E-state index is 0.117. The Bertz CT molecular complexity index is 1760. The summed E-state index contributed by atoms with van der Waals surface area (Å²) in [6.45, 7) is 7.71. The first-order chi connectivity index (χ1) is 22.2. The van der Waals surface area contributed by atoms with Crippen molar-refractivity contribution in [2.24, 2.45) is 0 Å². The molecule has 10 nitrogen and oxygen atoms in total. The van der Waals surface area contributed by atoms with E-state index in [-0.39, 0.29) is 30.1 Å². The summed E-state index contributed by atoms with van der Waals surface area (Å²) in [5.74, 6) is -0.282. The van der Waals surface area contributed by atoms with Crippen LogP contribution >= 0.6 is 22.9 Å². The Balaban J connectivity index is 1.12. The number of rotatable bonds is 6. The zero-order chi connectivity index (χ0) is 31.9. The van der Waals surface area contributed by atoms with Crippen molar-refractivity contribution >= 4 is 39.9 Å². The molecule has 240 valence electrons. The molecule has 4 heterocycles. The zero-order valence-electron chi connectivity index (χ0n) is 26.3. The summed E-state index contributed by atoms with van der Waals surface area (Å²) < 4.78 is 7.77. The lowest BCUT2D eigenvalue weighted by molar-refractivity contribution is -0.114. The number of anilines is 1. The first kappa shape index (κ1) is 31.0. The number of carbonyl (C=O) groups excluding carboxylic acids is 2. The Morgan fingerprint density at radius 1 is 1.07 bits per heavy atom. The number of nitrogens with zero attached hydrogens (tertiary/aromatic N) is 5. The Labute approximate surface area is 277 Å². The number of carbonyl (C=O) groups is 2. The summed E-state index contributed by atoms with van der Waals surface area (Å²) in [5.41, 5.74) is 5.82. The van der Waals surface area contributed by atoms with Crippen LogP contribution in [0.4, 0.5) is 5.13 Å². The number of benzene rings is 1. The predicted molar refractivity (Wildman–Crippen MR) is 180 cm³/mol. The SMILES string of the molecule is CC(=O)Nc1nc2c(s1)-c1c(c(-c3cccnc3)nn1-c1ccc(C(=O)NC3CCC(N4C[C@@H](C)O[C@@H](C)C4)CC3)cc1Cl)CC2. The van der Waals surface area contributed by atoms with E-state index in [1.54, 1.807) is 12.3 Å². The van der Waals surface area contributed by atoms with Crippen molar-refractivity contribution in [1.82, 2.24) is 30.0 Å². The number of pyridine rings is 1. The topological polar surface area (TPSA) is 114 Å². The molecule has 3 aromatic heterocycles. The van der Waals surface area contributed by atoms with Gasteiger partial charge in [0.15, 0.2) is 5.13 Å². The van der Waals surface area contributed by atoms with E-state index in [9.17, 15) is 9.59 Å². The second kappa shape index (κ2) is 12.9. The number of nitrogens with one attached hydrogen (secondary N) is 2. The van der Waals surface area contributed by atoms with Crippen molar-refractivity contribution in [3.05, 3.63) is 64.6 Å². The number of morpholine rings is 1. The van der Waals surface area contributed by atoms with Gasteiger partial charge in [-0.25, -0.2) is 9.67 Å². The van der Waals surface area contributed by atoms with Gasteiger partial charge in [-0.1, -0.05) is 22.9 Å². The summed E-state index contributed by atoms with van der Waals surface area (Å²) in [6.07, 6.45) is 9.58. The molecule has 1 aromatic carbocycles. The maximum absolute atomic E-state index is 13.4. The van der Waals surface area contributed by atoms with Gasteiger partial charge in [-0.2, -0.15) is 5.10 Å². The van der Waals surface area contributed by atoms with Crippen LogP contribution in [0.25, 0.3) is 27.5 Å². The smallest absolute Gasteiger partial charge is 0.251 e. The Morgan fingerprint density at radius 3 is 2.54 bits per heavy atom. The van der Waals surface area contributed by atoms with Gasteiger partial charge in [0, 0.05) is 61.2 Å². The number of ether oxygens (including phenoxy) is 1. The number of halogens is 1. The minimum atomic E-state index is -0.165. The molecule has 0 radical (unpaired) electrons. The molecule has 46 heavy (non-hydrogen) atoms. The quantitative estimate of drug-likeness (QED) is 0.264. The molecule has 1 saturated carbocycles. The lowest BCUT2D eigenvalue weighted by atomic mass is 9.89. The Morgan fingerprint density at radius 2 is 1.85 bits per heavy atom. The van der Waals surface area contributed by atoms with Crippen LogP contribution in [0, 0.1) is 0 Å². The minimum Gasteiger partial charge on any atom is -0.373 e. The molecule has 7 rings (SSSR count). The predicted octanol–water partition coefficient (Wildman–Crippen LogP) is 5.92. The van der Waals surface area contributed by atoms with Gasteiger partial charge in [0.25, 0.3) is 5.91 Å². The first-order valence-electron chi connectivity index (χ1n) is 16.0. The number of hydrogen-bond acceptors (Lipinski definition) is 8. The average Bonchev–Trinajstić information content (AvgIpc) is 3.62. The summed E-state index contributed by atoms with van der Waals surface area (Å²) in [4.78, 5) is 37.7. The largest absolute Gasteiger partial charge is 0.373 e. The van der Waals surface area contributed by atoms with E-state index in [4.69, 9.17) is 26.4 Å². The maximum atomic E-state index is 13.4. The molecular weight excluding hydrogens is 622 g/mol. The summed E-state index contributed by atoms with van der Waals surface area (Å²) in [5, 5.41) is 12.1. The van der Waals surface area contributed by atoms with E-state index in [1.807, 2.05) is 35.1 Å². The number of aryl methyl sites for hydroxylation is 1. The normalized spacial score (nSPS) is 23.0. The number of aromatic nitrogens is 4. The van der Waals surface area contributed by atoms with Gasteiger partial charge < -0.3 is 15.4 Å². The van der Waals surface area contributed by atoms with E-state index in [1.165, 1.54) is 18.3 Å². The highest BCUT2D eigenvalue weighted by Gasteiger charge is 2.33. The molecule has 2 atom stereocenters. The fraction of sp³-hybridized carbons (Fsp3) is 0.441. The van der Waals surface area contributed by atoms with Crippen LogP contribution in [0.3, 0.4) is 0 Å². The van der Waals surface area contributed by atoms with Gasteiger partial charge in [-0.15, -0.1) is 0 Å². The summed E-state index contributed by atoms with van der Waals surface area (Å²) in [7, 11) is 0. The van der Waals surface area contributed by atoms with Crippen LogP contribution in [0.5, 0.6) is 0 Å². The molecule has 0 spiro atoms. The Hall–Kier alpha value is -3.64. The van der Waals surface area contributed by atoms with Crippen LogP contribution in [-0.4, -0.2) is 73.8 Å². The molecule has 2 N–H and O–H groups in total.